The Balaban J connectivity index is 0. The molecule has 0 saturated carbocycles. The van der Waals surface area contributed by atoms with Crippen molar-refractivity contribution in [3.63, 3.8) is 0 Å². The monoisotopic (exact) mass is 246 g/mol. The van der Waals surface area contributed by atoms with Crippen LogP contribution in [-0.4, -0.2) is 31.3 Å². The molecule has 0 aromatic carbocycles. The first kappa shape index (κ1) is 14.4. The van der Waals surface area contributed by atoms with Gasteiger partial charge in [0.2, 0.25) is 0 Å². The summed E-state index contributed by atoms with van der Waals surface area (Å²) in [5, 5.41) is 0. The van der Waals surface area contributed by atoms with Crippen molar-refractivity contribution in [3.8, 4) is 0 Å². The van der Waals surface area contributed by atoms with Gasteiger partial charge in [-0.2, -0.15) is 0 Å². The molecule has 0 radical (unpaired) electrons. The van der Waals surface area contributed by atoms with Crippen LogP contribution in [0.25, 0.3) is 0 Å². The molecular weight excluding hydrogens is 226 g/mol. The number of halogens is 2. The Morgan fingerprint density at radius 3 is 1.45 bits per heavy atom. The van der Waals surface area contributed by atoms with Crippen LogP contribution in [0.2, 0.25) is 0 Å². The molecule has 0 aliphatic carbocycles. The van der Waals surface area contributed by atoms with Crippen molar-refractivity contribution in [1.82, 2.24) is 0 Å². The summed E-state index contributed by atoms with van der Waals surface area (Å²) in [6, 6.07) is 0. The predicted molar refractivity (Wildman–Crippen MR) is 61.1 cm³/mol. The molecule has 11 heavy (non-hydrogen) atoms. The van der Waals surface area contributed by atoms with E-state index in [0.717, 1.165) is 6.16 Å². The summed E-state index contributed by atoms with van der Waals surface area (Å²) >= 11 is 0. The molecule has 72 valence electrons. The first-order valence-corrected chi connectivity index (χ1v) is 7.13. The van der Waals surface area contributed by atoms with E-state index in [2.05, 4.69) is 20.8 Å². The standard InChI is InChI=1S/C8H20FP.BrH/c1-4-10(5-2,6-3)8-7-9;/h10H,4-8H2,1-3H3;1H. The fourth-order valence-electron chi connectivity index (χ4n) is 1.48. The van der Waals surface area contributed by atoms with E-state index in [-0.39, 0.29) is 23.7 Å². The van der Waals surface area contributed by atoms with Gasteiger partial charge in [-0.3, -0.25) is 0 Å². The summed E-state index contributed by atoms with van der Waals surface area (Å²) in [4.78, 5) is 0. The fraction of sp³-hybridized carbons (Fsp3) is 1.00. The molecule has 0 bridgehead atoms. The molecule has 0 rings (SSSR count). The summed E-state index contributed by atoms with van der Waals surface area (Å²) in [5.41, 5.74) is 0. The van der Waals surface area contributed by atoms with Gasteiger partial charge in [0.25, 0.3) is 0 Å². The molecule has 0 aromatic rings. The molecular formula is C8H21BrFP. The topological polar surface area (TPSA) is 0 Å². The number of hydrogen-bond acceptors (Lipinski definition) is 0. The van der Waals surface area contributed by atoms with E-state index < -0.39 is 7.26 Å². The number of rotatable bonds is 5. The molecule has 0 amide bonds. The summed E-state index contributed by atoms with van der Waals surface area (Å²) in [6.45, 7) is 6.56. The van der Waals surface area contributed by atoms with Crippen molar-refractivity contribution in [2.24, 2.45) is 0 Å². The van der Waals surface area contributed by atoms with Gasteiger partial charge in [-0.1, -0.05) is 0 Å². The van der Waals surface area contributed by atoms with Crippen LogP contribution < -0.4 is 0 Å². The Kier molecular flexibility index (Phi) is 9.78. The average Bonchev–Trinajstić information content (AvgIpc) is 2.01. The van der Waals surface area contributed by atoms with E-state index in [9.17, 15) is 4.39 Å². The minimum absolute atomic E-state index is 0. The second-order valence-electron chi connectivity index (χ2n) is 3.00. The average molecular weight is 247 g/mol. The van der Waals surface area contributed by atoms with Gasteiger partial charge in [-0.05, 0) is 0 Å². The van der Waals surface area contributed by atoms with Crippen LogP contribution in [0.1, 0.15) is 20.8 Å². The molecule has 0 aromatic heterocycles. The molecule has 0 saturated heterocycles. The Bertz CT molecular complexity index is 75.9. The van der Waals surface area contributed by atoms with E-state index in [1.165, 1.54) is 18.5 Å². The zero-order valence-electron chi connectivity index (χ0n) is 7.82. The third-order valence-electron chi connectivity index (χ3n) is 2.87. The molecule has 0 N–H and O–H groups in total. The van der Waals surface area contributed by atoms with Crippen LogP contribution in [-0.2, 0) is 0 Å². The Morgan fingerprint density at radius 1 is 1.00 bits per heavy atom. The molecule has 0 fully saturated rings. The van der Waals surface area contributed by atoms with Gasteiger partial charge in [0.1, 0.15) is 0 Å². The predicted octanol–water partition coefficient (Wildman–Crippen LogP) is 3.34. The van der Waals surface area contributed by atoms with Crippen molar-refractivity contribution in [1.29, 1.82) is 0 Å². The van der Waals surface area contributed by atoms with Crippen molar-refractivity contribution in [3.05, 3.63) is 0 Å². The number of hydrogen-bond donors (Lipinski definition) is 0. The van der Waals surface area contributed by atoms with Crippen molar-refractivity contribution >= 4 is 24.2 Å². The van der Waals surface area contributed by atoms with Crippen LogP contribution in [0.5, 0.6) is 0 Å². The van der Waals surface area contributed by atoms with E-state index in [1.54, 1.807) is 0 Å². The van der Waals surface area contributed by atoms with Crippen molar-refractivity contribution in [2.45, 2.75) is 20.8 Å². The molecule has 0 spiro atoms. The van der Waals surface area contributed by atoms with Crippen LogP contribution in [0, 0.1) is 0 Å². The van der Waals surface area contributed by atoms with Gasteiger partial charge in [0.05, 0.1) is 0 Å². The molecule has 0 unspecified atom stereocenters. The first-order valence-electron chi connectivity index (χ1n) is 4.30. The molecule has 0 heterocycles. The van der Waals surface area contributed by atoms with E-state index >= 15 is 0 Å². The summed E-state index contributed by atoms with van der Waals surface area (Å²) in [5.74, 6) is 0. The van der Waals surface area contributed by atoms with Gasteiger partial charge in [0.15, 0.2) is 0 Å². The summed E-state index contributed by atoms with van der Waals surface area (Å²) in [7, 11) is -1.09. The zero-order valence-corrected chi connectivity index (χ0v) is 10.5. The summed E-state index contributed by atoms with van der Waals surface area (Å²) in [6.07, 6.45) is 4.65. The maximum absolute atomic E-state index is 12.1. The van der Waals surface area contributed by atoms with E-state index in [4.69, 9.17) is 0 Å². The summed E-state index contributed by atoms with van der Waals surface area (Å²) < 4.78 is 12.1. The molecule has 0 nitrogen and oxygen atoms in total. The van der Waals surface area contributed by atoms with Crippen LogP contribution in [0.3, 0.4) is 0 Å². The van der Waals surface area contributed by atoms with Crippen molar-refractivity contribution in [2.75, 3.05) is 31.3 Å². The van der Waals surface area contributed by atoms with Crippen LogP contribution in [0.4, 0.5) is 4.39 Å². The minimum atomic E-state index is -1.09. The Hall–Kier alpha value is 0.840. The zero-order chi connectivity index (χ0) is 8.04. The van der Waals surface area contributed by atoms with Crippen LogP contribution in [0.15, 0.2) is 0 Å². The van der Waals surface area contributed by atoms with E-state index in [0.29, 0.717) is 0 Å². The number of alkyl halides is 1. The third kappa shape index (κ3) is 4.42. The second-order valence-corrected chi connectivity index (χ2v) is 8.62. The van der Waals surface area contributed by atoms with Crippen LogP contribution >= 0.6 is 24.2 Å². The quantitative estimate of drug-likeness (QED) is 0.653. The molecule has 3 heteroatoms. The molecule has 0 aliphatic heterocycles. The van der Waals surface area contributed by atoms with Gasteiger partial charge in [-0.15, -0.1) is 17.0 Å². The second kappa shape index (κ2) is 7.49. The van der Waals surface area contributed by atoms with Gasteiger partial charge >= 0.3 is 63.7 Å². The molecule has 0 atom stereocenters. The Morgan fingerprint density at radius 2 is 1.36 bits per heavy atom. The molecule has 0 aliphatic rings. The van der Waals surface area contributed by atoms with Gasteiger partial charge in [-0.25, -0.2) is 0 Å². The SMILES string of the molecule is Br.CC[PH](CC)(CC)CCF. The van der Waals surface area contributed by atoms with Crippen molar-refractivity contribution < 1.29 is 4.39 Å². The maximum atomic E-state index is 12.1. The third-order valence-corrected chi connectivity index (χ3v) is 8.62. The van der Waals surface area contributed by atoms with Gasteiger partial charge in [0, 0.05) is 0 Å². The van der Waals surface area contributed by atoms with E-state index in [1.807, 2.05) is 0 Å². The fourth-order valence-corrected chi connectivity index (χ4v) is 4.44. The Labute approximate surface area is 81.1 Å². The first-order chi connectivity index (χ1) is 4.74. The van der Waals surface area contributed by atoms with Gasteiger partial charge < -0.3 is 0 Å². The normalized spacial score (nSPS) is 12.4.